The summed E-state index contributed by atoms with van der Waals surface area (Å²) >= 11 is 0. The number of hydrogen-bond acceptors (Lipinski definition) is 0. The molecule has 0 saturated carbocycles. The highest BCUT2D eigenvalue weighted by molar-refractivity contribution is 5.36. The summed E-state index contributed by atoms with van der Waals surface area (Å²) in [4.78, 5) is 0. The Morgan fingerprint density at radius 2 is 2.11 bits per heavy atom. The Labute approximate surface area is 57.3 Å². The summed E-state index contributed by atoms with van der Waals surface area (Å²) < 4.78 is 0. The molecule has 0 unspecified atom stereocenters. The van der Waals surface area contributed by atoms with Crippen LogP contribution < -0.4 is 0 Å². The molecule has 1 aliphatic rings. The molecular weight excluding hydrogens is 108 g/mol. The first-order chi connectivity index (χ1) is 4.24. The molecule has 0 radical (unpaired) electrons. The Morgan fingerprint density at radius 1 is 1.44 bits per heavy atom. The van der Waals surface area contributed by atoms with Gasteiger partial charge >= 0.3 is 0 Å². The molecular formula is C9H14. The minimum Gasteiger partial charge on any atom is -0.0690 e. The fraction of sp³-hybridized carbons (Fsp3) is 0.556. The van der Waals surface area contributed by atoms with Crippen molar-refractivity contribution in [1.82, 2.24) is 0 Å². The van der Waals surface area contributed by atoms with Gasteiger partial charge in [-0.15, -0.1) is 0 Å². The normalized spacial score (nSPS) is 18.8. The molecule has 0 N–H and O–H groups in total. The highest BCUT2D eigenvalue weighted by Crippen LogP contribution is 2.25. The molecule has 0 bridgehead atoms. The zero-order chi connectivity index (χ0) is 6.85. The van der Waals surface area contributed by atoms with Gasteiger partial charge in [-0.25, -0.2) is 0 Å². The third-order valence-corrected chi connectivity index (χ3v) is 1.89. The average Bonchev–Trinajstić information content (AvgIpc) is 2.10. The molecule has 1 aliphatic carbocycles. The quantitative estimate of drug-likeness (QED) is 0.501. The van der Waals surface area contributed by atoms with Crippen LogP contribution in [0.1, 0.15) is 33.6 Å². The summed E-state index contributed by atoms with van der Waals surface area (Å²) in [6.07, 6.45) is 4.72. The van der Waals surface area contributed by atoms with E-state index < -0.39 is 0 Å². The van der Waals surface area contributed by atoms with Gasteiger partial charge in [-0.2, -0.15) is 0 Å². The molecule has 0 heterocycles. The molecule has 0 saturated heterocycles. The standard InChI is InChI=1S/C9H14/c1-4-9-6-7(2)5-8(9)3/h6H,4-5H2,1-3H3. The van der Waals surface area contributed by atoms with Gasteiger partial charge in [0.05, 0.1) is 0 Å². The van der Waals surface area contributed by atoms with E-state index in [0.29, 0.717) is 0 Å². The molecule has 0 heteroatoms. The number of hydrogen-bond donors (Lipinski definition) is 0. The van der Waals surface area contributed by atoms with Crippen molar-refractivity contribution >= 4 is 0 Å². The molecule has 0 spiro atoms. The average molecular weight is 122 g/mol. The fourth-order valence-corrected chi connectivity index (χ4v) is 1.41. The second-order valence-electron chi connectivity index (χ2n) is 2.83. The summed E-state index contributed by atoms with van der Waals surface area (Å²) in [6, 6.07) is 0. The first-order valence-corrected chi connectivity index (χ1v) is 3.60. The van der Waals surface area contributed by atoms with Crippen LogP contribution in [0.4, 0.5) is 0 Å². The third-order valence-electron chi connectivity index (χ3n) is 1.89. The van der Waals surface area contributed by atoms with Gasteiger partial charge in [0.1, 0.15) is 0 Å². The number of allylic oxidation sites excluding steroid dienone is 4. The van der Waals surface area contributed by atoms with Crippen molar-refractivity contribution in [3.8, 4) is 0 Å². The van der Waals surface area contributed by atoms with E-state index in [0.717, 1.165) is 0 Å². The van der Waals surface area contributed by atoms with Gasteiger partial charge < -0.3 is 0 Å². The first kappa shape index (κ1) is 6.60. The second kappa shape index (κ2) is 2.38. The zero-order valence-electron chi connectivity index (χ0n) is 6.49. The topological polar surface area (TPSA) is 0 Å². The van der Waals surface area contributed by atoms with Crippen LogP contribution in [0.25, 0.3) is 0 Å². The molecule has 1 rings (SSSR count). The van der Waals surface area contributed by atoms with Gasteiger partial charge in [0.2, 0.25) is 0 Å². The Balaban J connectivity index is 2.75. The van der Waals surface area contributed by atoms with Gasteiger partial charge in [-0.1, -0.05) is 24.1 Å². The van der Waals surface area contributed by atoms with Crippen molar-refractivity contribution in [2.45, 2.75) is 33.6 Å². The van der Waals surface area contributed by atoms with Gasteiger partial charge in [-0.3, -0.25) is 0 Å². The fourth-order valence-electron chi connectivity index (χ4n) is 1.41. The van der Waals surface area contributed by atoms with Gasteiger partial charge in [0, 0.05) is 0 Å². The minimum absolute atomic E-state index is 1.20. The molecule has 50 valence electrons. The van der Waals surface area contributed by atoms with Crippen LogP contribution in [0.2, 0.25) is 0 Å². The minimum atomic E-state index is 1.20. The molecule has 0 aromatic rings. The molecule has 0 fully saturated rings. The number of rotatable bonds is 1. The van der Waals surface area contributed by atoms with E-state index in [4.69, 9.17) is 0 Å². The summed E-state index contributed by atoms with van der Waals surface area (Å²) in [5.41, 5.74) is 4.63. The summed E-state index contributed by atoms with van der Waals surface area (Å²) in [5.74, 6) is 0. The lowest BCUT2D eigenvalue weighted by molar-refractivity contribution is 1.09. The summed E-state index contributed by atoms with van der Waals surface area (Å²) in [7, 11) is 0. The van der Waals surface area contributed by atoms with E-state index in [-0.39, 0.29) is 0 Å². The van der Waals surface area contributed by atoms with E-state index in [9.17, 15) is 0 Å². The van der Waals surface area contributed by atoms with Gasteiger partial charge in [0.15, 0.2) is 0 Å². The highest BCUT2D eigenvalue weighted by atomic mass is 14.1. The third kappa shape index (κ3) is 1.24. The Bertz CT molecular complexity index is 170. The smallest absolute Gasteiger partial charge is 0.0105 e. The van der Waals surface area contributed by atoms with Gasteiger partial charge in [0.25, 0.3) is 0 Å². The summed E-state index contributed by atoms with van der Waals surface area (Å²) in [5, 5.41) is 0. The molecule has 0 atom stereocenters. The van der Waals surface area contributed by atoms with Crippen LogP contribution in [0.15, 0.2) is 22.8 Å². The molecule has 0 aliphatic heterocycles. The van der Waals surface area contributed by atoms with Crippen molar-refractivity contribution in [3.05, 3.63) is 22.8 Å². The van der Waals surface area contributed by atoms with Crippen molar-refractivity contribution in [2.24, 2.45) is 0 Å². The van der Waals surface area contributed by atoms with E-state index in [2.05, 4.69) is 26.8 Å². The van der Waals surface area contributed by atoms with Crippen LogP contribution in [-0.4, -0.2) is 0 Å². The maximum Gasteiger partial charge on any atom is -0.0105 e. The lowest BCUT2D eigenvalue weighted by Gasteiger charge is -1.94. The Morgan fingerprint density at radius 3 is 2.33 bits per heavy atom. The van der Waals surface area contributed by atoms with E-state index in [1.165, 1.54) is 18.4 Å². The maximum absolute atomic E-state index is 2.31. The molecule has 0 amide bonds. The van der Waals surface area contributed by atoms with Crippen molar-refractivity contribution in [1.29, 1.82) is 0 Å². The lowest BCUT2D eigenvalue weighted by Crippen LogP contribution is -1.74. The first-order valence-electron chi connectivity index (χ1n) is 3.60. The maximum atomic E-state index is 2.31. The van der Waals surface area contributed by atoms with Crippen molar-refractivity contribution < 1.29 is 0 Å². The Hall–Kier alpha value is -0.520. The van der Waals surface area contributed by atoms with Gasteiger partial charge in [-0.05, 0) is 32.3 Å². The predicted octanol–water partition coefficient (Wildman–Crippen LogP) is 3.06. The largest absolute Gasteiger partial charge is 0.0690 e. The Kier molecular flexibility index (Phi) is 1.75. The van der Waals surface area contributed by atoms with E-state index in [1.807, 2.05) is 0 Å². The zero-order valence-corrected chi connectivity index (χ0v) is 6.49. The van der Waals surface area contributed by atoms with Crippen molar-refractivity contribution in [3.63, 3.8) is 0 Å². The van der Waals surface area contributed by atoms with Crippen LogP contribution in [0.3, 0.4) is 0 Å². The van der Waals surface area contributed by atoms with E-state index >= 15 is 0 Å². The molecule has 9 heavy (non-hydrogen) atoms. The predicted molar refractivity (Wildman–Crippen MR) is 41.4 cm³/mol. The van der Waals surface area contributed by atoms with Crippen LogP contribution in [0, 0.1) is 0 Å². The van der Waals surface area contributed by atoms with E-state index in [1.54, 1.807) is 11.1 Å². The summed E-state index contributed by atoms with van der Waals surface area (Å²) in [6.45, 7) is 6.64. The monoisotopic (exact) mass is 122 g/mol. The highest BCUT2D eigenvalue weighted by Gasteiger charge is 2.05. The van der Waals surface area contributed by atoms with Crippen molar-refractivity contribution in [2.75, 3.05) is 0 Å². The van der Waals surface area contributed by atoms with Crippen LogP contribution in [0.5, 0.6) is 0 Å². The van der Waals surface area contributed by atoms with Crippen LogP contribution >= 0.6 is 0 Å². The molecule has 0 aromatic carbocycles. The second-order valence-corrected chi connectivity index (χ2v) is 2.83. The molecule has 0 aromatic heterocycles. The van der Waals surface area contributed by atoms with Crippen LogP contribution in [-0.2, 0) is 0 Å². The SMILES string of the molecule is CCC1=C(C)CC(C)=C1. The lowest BCUT2D eigenvalue weighted by atomic mass is 10.1. The molecule has 0 nitrogen and oxygen atoms in total.